The molecule has 1 spiro atoms. The van der Waals surface area contributed by atoms with Gasteiger partial charge in [-0.15, -0.1) is 5.10 Å². The average molecular weight is 550 g/mol. The third-order valence-electron chi connectivity index (χ3n) is 8.95. The first-order chi connectivity index (χ1) is 19.4. The lowest BCUT2D eigenvalue weighted by molar-refractivity contribution is -0.163. The minimum atomic E-state index is -1.40. The fourth-order valence-corrected chi connectivity index (χ4v) is 6.98. The summed E-state index contributed by atoms with van der Waals surface area (Å²) >= 11 is 0. The van der Waals surface area contributed by atoms with Gasteiger partial charge in [0, 0.05) is 6.54 Å². The van der Waals surface area contributed by atoms with Crippen molar-refractivity contribution in [3.05, 3.63) is 48.6 Å². The Hall–Kier alpha value is -3.57. The first kappa shape index (κ1) is 26.6. The van der Waals surface area contributed by atoms with E-state index in [0.717, 1.165) is 5.52 Å². The standard InChI is InChI=1S/C29H35N5O6/c1-3-19(17-35)34-24-26(37)32(18-33-21-12-7-6-11-20(21)30-31-33)15-10-14-29(24)22(25(34)36)23-27(38)39-16-9-5-8-13-28(23,4-2)40-29/h6-8,10-14,19,22-24,35H,3-5,9,15-18H2,1-2H3/b13-8-/t19-,22-,23+,24?,28-,29-/m0/s1. The van der Waals surface area contributed by atoms with Crippen LogP contribution < -0.4 is 0 Å². The number of amides is 2. The molecule has 1 N–H and O–H groups in total. The van der Waals surface area contributed by atoms with Gasteiger partial charge in [0.05, 0.1) is 30.7 Å². The van der Waals surface area contributed by atoms with Crippen LogP contribution >= 0.6 is 0 Å². The zero-order valence-electron chi connectivity index (χ0n) is 22.8. The molecule has 2 fully saturated rings. The van der Waals surface area contributed by atoms with Crippen LogP contribution in [0.4, 0.5) is 0 Å². The van der Waals surface area contributed by atoms with Crippen molar-refractivity contribution >= 4 is 28.8 Å². The molecular formula is C29H35N5O6. The van der Waals surface area contributed by atoms with E-state index in [4.69, 9.17) is 9.47 Å². The Bertz CT molecular complexity index is 1380. The second-order valence-corrected chi connectivity index (χ2v) is 11.0. The van der Waals surface area contributed by atoms with Gasteiger partial charge in [0.1, 0.15) is 35.3 Å². The van der Waals surface area contributed by atoms with Crippen LogP contribution in [0.25, 0.3) is 11.0 Å². The lowest BCUT2D eigenvalue weighted by Crippen LogP contribution is -2.59. The lowest BCUT2D eigenvalue weighted by atomic mass is 9.73. The van der Waals surface area contributed by atoms with E-state index in [0.29, 0.717) is 31.2 Å². The molecule has 1 aromatic carbocycles. The Morgan fingerprint density at radius 1 is 1.10 bits per heavy atom. The van der Waals surface area contributed by atoms with Crippen molar-refractivity contribution in [1.82, 2.24) is 24.8 Å². The lowest BCUT2D eigenvalue weighted by Gasteiger charge is -2.40. The van der Waals surface area contributed by atoms with Crippen molar-refractivity contribution in [3.8, 4) is 0 Å². The number of cyclic esters (lactones) is 1. The molecule has 0 saturated carbocycles. The van der Waals surface area contributed by atoms with Crippen molar-refractivity contribution in [2.75, 3.05) is 19.8 Å². The van der Waals surface area contributed by atoms with Crippen LogP contribution in [0.2, 0.25) is 0 Å². The number of likely N-dealkylation sites (tertiary alicyclic amines) is 1. The smallest absolute Gasteiger partial charge is 0.313 e. The molecule has 6 rings (SSSR count). The van der Waals surface area contributed by atoms with Gasteiger partial charge in [-0.3, -0.25) is 14.4 Å². The molecular weight excluding hydrogens is 514 g/mol. The third kappa shape index (κ3) is 3.81. The molecule has 0 radical (unpaired) electrons. The van der Waals surface area contributed by atoms with Crippen LogP contribution in [0.1, 0.15) is 39.5 Å². The molecule has 6 atom stereocenters. The number of carbonyl (C=O) groups is 3. The fourth-order valence-electron chi connectivity index (χ4n) is 6.98. The topological polar surface area (TPSA) is 127 Å². The van der Waals surface area contributed by atoms with Crippen molar-refractivity contribution in [2.24, 2.45) is 11.8 Å². The number of aromatic nitrogens is 3. The normalized spacial score (nSPS) is 33.5. The summed E-state index contributed by atoms with van der Waals surface area (Å²) in [5.41, 5.74) is -1.02. The molecule has 11 nitrogen and oxygen atoms in total. The van der Waals surface area contributed by atoms with E-state index >= 15 is 0 Å². The summed E-state index contributed by atoms with van der Waals surface area (Å²) in [6.07, 6.45) is 9.78. The number of carbonyl (C=O) groups excluding carboxylic acids is 3. The highest BCUT2D eigenvalue weighted by Crippen LogP contribution is 2.58. The summed E-state index contributed by atoms with van der Waals surface area (Å²) in [4.78, 5) is 45.6. The maximum atomic E-state index is 14.5. The summed E-state index contributed by atoms with van der Waals surface area (Å²) in [7, 11) is 0. The Morgan fingerprint density at radius 3 is 2.70 bits per heavy atom. The van der Waals surface area contributed by atoms with Crippen molar-refractivity contribution in [3.63, 3.8) is 0 Å². The van der Waals surface area contributed by atoms with Gasteiger partial charge in [-0.05, 0) is 37.8 Å². The number of rotatable bonds is 6. The SMILES string of the molecule is CC[C@@H](CO)N1C(=O)[C@@H]2[C@@H]3C(=O)OCCC/C=C\[C@]3(CC)O[C@@]23C=CCN(Cn2nnc4ccccc42)C(=O)C13. The van der Waals surface area contributed by atoms with Gasteiger partial charge in [0.2, 0.25) is 5.91 Å². The average Bonchev–Trinajstić information content (AvgIpc) is 3.55. The number of hydrogen-bond donors (Lipinski definition) is 1. The van der Waals surface area contributed by atoms with Gasteiger partial charge >= 0.3 is 5.97 Å². The molecule has 0 aliphatic carbocycles. The van der Waals surface area contributed by atoms with Crippen LogP contribution in [0, 0.1) is 11.8 Å². The molecule has 4 aliphatic rings. The first-order valence-electron chi connectivity index (χ1n) is 14.1. The minimum Gasteiger partial charge on any atom is -0.465 e. The number of benzene rings is 1. The zero-order valence-corrected chi connectivity index (χ0v) is 22.8. The van der Waals surface area contributed by atoms with E-state index in [1.54, 1.807) is 15.7 Å². The van der Waals surface area contributed by atoms with Crippen LogP contribution in [0.3, 0.4) is 0 Å². The second kappa shape index (κ2) is 10.1. The number of fused-ring (bicyclic) bond motifs is 3. The van der Waals surface area contributed by atoms with E-state index in [9.17, 15) is 19.5 Å². The summed E-state index contributed by atoms with van der Waals surface area (Å²) in [5, 5.41) is 18.8. The first-order valence-corrected chi connectivity index (χ1v) is 14.1. The molecule has 0 bridgehead atoms. The van der Waals surface area contributed by atoms with Crippen LogP contribution in [-0.4, -0.2) is 90.7 Å². The quantitative estimate of drug-likeness (QED) is 0.427. The molecule has 2 amide bonds. The van der Waals surface area contributed by atoms with E-state index in [1.807, 2.05) is 56.3 Å². The Labute approximate surface area is 232 Å². The highest BCUT2D eigenvalue weighted by atomic mass is 16.6. The number of nitrogens with zero attached hydrogens (tertiary/aromatic N) is 5. The molecule has 1 unspecified atom stereocenters. The number of aliphatic hydroxyl groups excluding tert-OH is 1. The molecule has 1 aromatic heterocycles. The fraction of sp³-hybridized carbons (Fsp3) is 0.552. The molecule has 212 valence electrons. The summed E-state index contributed by atoms with van der Waals surface area (Å²) in [6.45, 7) is 4.08. The van der Waals surface area contributed by atoms with Gasteiger partial charge in [0.15, 0.2) is 0 Å². The Morgan fingerprint density at radius 2 is 1.93 bits per heavy atom. The van der Waals surface area contributed by atoms with Gasteiger partial charge in [0.25, 0.3) is 5.91 Å². The second-order valence-electron chi connectivity index (χ2n) is 11.0. The molecule has 5 heterocycles. The van der Waals surface area contributed by atoms with Gasteiger partial charge in [-0.2, -0.15) is 0 Å². The predicted octanol–water partition coefficient (Wildman–Crippen LogP) is 1.81. The van der Waals surface area contributed by atoms with Crippen LogP contribution in [-0.2, 0) is 30.5 Å². The summed E-state index contributed by atoms with van der Waals surface area (Å²) in [5.74, 6) is -3.09. The Kier molecular flexibility index (Phi) is 6.74. The molecule has 2 aromatic rings. The zero-order chi connectivity index (χ0) is 28.1. The highest BCUT2D eigenvalue weighted by Gasteiger charge is 2.75. The van der Waals surface area contributed by atoms with Crippen molar-refractivity contribution in [1.29, 1.82) is 0 Å². The number of esters is 1. The summed E-state index contributed by atoms with van der Waals surface area (Å²) in [6, 6.07) is 5.80. The number of para-hydroxylation sites is 1. The van der Waals surface area contributed by atoms with Crippen LogP contribution in [0.5, 0.6) is 0 Å². The van der Waals surface area contributed by atoms with E-state index in [2.05, 4.69) is 10.3 Å². The molecule has 4 aliphatic heterocycles. The van der Waals surface area contributed by atoms with E-state index < -0.39 is 41.1 Å². The number of ether oxygens (including phenoxy) is 2. The largest absolute Gasteiger partial charge is 0.465 e. The van der Waals surface area contributed by atoms with Crippen LogP contribution in [0.15, 0.2) is 48.6 Å². The number of allylic oxidation sites excluding steroid dienone is 1. The molecule has 11 heteroatoms. The monoisotopic (exact) mass is 549 g/mol. The van der Waals surface area contributed by atoms with E-state index in [-0.39, 0.29) is 38.2 Å². The third-order valence-corrected chi connectivity index (χ3v) is 8.95. The maximum absolute atomic E-state index is 14.5. The van der Waals surface area contributed by atoms with E-state index in [1.165, 1.54) is 4.90 Å². The maximum Gasteiger partial charge on any atom is 0.313 e. The van der Waals surface area contributed by atoms with Crippen molar-refractivity contribution < 1.29 is 29.0 Å². The van der Waals surface area contributed by atoms with Gasteiger partial charge < -0.3 is 24.4 Å². The van der Waals surface area contributed by atoms with Crippen molar-refractivity contribution in [2.45, 2.75) is 69.5 Å². The summed E-state index contributed by atoms with van der Waals surface area (Å²) < 4.78 is 14.2. The Balaban J connectivity index is 1.47. The minimum absolute atomic E-state index is 0.114. The molecule has 40 heavy (non-hydrogen) atoms. The van der Waals surface area contributed by atoms with Gasteiger partial charge in [-0.1, -0.05) is 55.5 Å². The molecule has 2 saturated heterocycles. The highest BCUT2D eigenvalue weighted by molar-refractivity contribution is 5.99. The van der Waals surface area contributed by atoms with Gasteiger partial charge in [-0.25, -0.2) is 4.68 Å². The predicted molar refractivity (Wildman–Crippen MR) is 143 cm³/mol. The number of hydrogen-bond acceptors (Lipinski definition) is 8. The number of aliphatic hydroxyl groups is 1.